The summed E-state index contributed by atoms with van der Waals surface area (Å²) in [5.41, 5.74) is 2.30. The molecule has 0 spiro atoms. The number of benzene rings is 1. The van der Waals surface area contributed by atoms with Gasteiger partial charge in [-0.1, -0.05) is 26.5 Å². The molecule has 0 saturated carbocycles. The highest BCUT2D eigenvalue weighted by atomic mass is 16.1. The summed E-state index contributed by atoms with van der Waals surface area (Å²) in [5, 5.41) is 0. The monoisotopic (exact) mass is 201 g/mol. The number of carbonyl (C=O) groups excluding carboxylic acids is 1. The predicted octanol–water partition coefficient (Wildman–Crippen LogP) is 3.50. The fraction of sp³-hybridized carbons (Fsp3) is 0.231. The molecule has 0 fully saturated rings. The van der Waals surface area contributed by atoms with Crippen LogP contribution in [0.2, 0.25) is 0 Å². The Hall–Kier alpha value is -1.70. The van der Waals surface area contributed by atoms with Gasteiger partial charge in [-0.3, -0.25) is 9.79 Å². The van der Waals surface area contributed by atoms with Gasteiger partial charge in [0.15, 0.2) is 5.78 Å². The molecule has 0 aliphatic carbocycles. The van der Waals surface area contributed by atoms with Gasteiger partial charge in [0.2, 0.25) is 0 Å². The van der Waals surface area contributed by atoms with Crippen molar-refractivity contribution in [2.24, 2.45) is 10.9 Å². The van der Waals surface area contributed by atoms with Crippen molar-refractivity contribution in [2.75, 3.05) is 0 Å². The fourth-order valence-electron chi connectivity index (χ4n) is 1.35. The lowest BCUT2D eigenvalue weighted by molar-refractivity contribution is 0.0939. The predicted molar refractivity (Wildman–Crippen MR) is 64.9 cm³/mol. The number of carbonyl (C=O) groups is 1. The minimum absolute atomic E-state index is 0.00482. The smallest absolute Gasteiger partial charge is 0.165 e. The Labute approximate surface area is 90.4 Å². The highest BCUT2D eigenvalue weighted by molar-refractivity contribution is 5.98. The van der Waals surface area contributed by atoms with Crippen LogP contribution >= 0.6 is 0 Å². The minimum atomic E-state index is 0.00482. The summed E-state index contributed by atoms with van der Waals surface area (Å²) in [6.07, 6.45) is 1.68. The molecule has 0 saturated heterocycles. The third-order valence-corrected chi connectivity index (χ3v) is 2.23. The van der Waals surface area contributed by atoms with Crippen LogP contribution in [0.1, 0.15) is 29.8 Å². The number of rotatable bonds is 4. The highest BCUT2D eigenvalue weighted by Gasteiger charge is 2.11. The number of aliphatic imine (C=N–C) groups is 1. The Morgan fingerprint density at radius 1 is 1.47 bits per heavy atom. The summed E-state index contributed by atoms with van der Waals surface area (Å²) >= 11 is 0. The summed E-state index contributed by atoms with van der Waals surface area (Å²) in [6, 6.07) is 5.37. The van der Waals surface area contributed by atoms with Crippen molar-refractivity contribution in [3.8, 4) is 0 Å². The molecule has 2 nitrogen and oxygen atoms in total. The molecule has 1 aromatic rings. The molecule has 0 radical (unpaired) electrons. The zero-order valence-corrected chi connectivity index (χ0v) is 9.16. The summed E-state index contributed by atoms with van der Waals surface area (Å²) in [5.74, 6) is 0.138. The van der Waals surface area contributed by atoms with E-state index < -0.39 is 0 Å². The Balaban J connectivity index is 3.19. The van der Waals surface area contributed by atoms with Crippen LogP contribution in [0, 0.1) is 5.92 Å². The lowest BCUT2D eigenvalue weighted by Crippen LogP contribution is -2.07. The summed E-state index contributed by atoms with van der Waals surface area (Å²) < 4.78 is 0. The molecule has 0 unspecified atom stereocenters. The van der Waals surface area contributed by atoms with E-state index in [1.54, 1.807) is 24.3 Å². The van der Waals surface area contributed by atoms with Crippen LogP contribution in [-0.2, 0) is 0 Å². The van der Waals surface area contributed by atoms with Crippen molar-refractivity contribution < 1.29 is 4.79 Å². The largest absolute Gasteiger partial charge is 0.294 e. The Morgan fingerprint density at radius 2 is 2.13 bits per heavy atom. The van der Waals surface area contributed by atoms with E-state index in [0.29, 0.717) is 5.56 Å². The van der Waals surface area contributed by atoms with E-state index in [-0.39, 0.29) is 11.7 Å². The summed E-state index contributed by atoms with van der Waals surface area (Å²) in [4.78, 5) is 15.6. The number of hydrogen-bond donors (Lipinski definition) is 0. The normalized spacial score (nSPS) is 10.1. The molecular formula is C13H15NO. The molecule has 0 aliphatic heterocycles. The molecule has 0 aromatic heterocycles. The minimum Gasteiger partial charge on any atom is -0.294 e. The molecule has 78 valence electrons. The first kappa shape index (κ1) is 11.4. The van der Waals surface area contributed by atoms with Crippen LogP contribution in [0.4, 0.5) is 5.69 Å². The second-order valence-corrected chi connectivity index (χ2v) is 3.65. The quantitative estimate of drug-likeness (QED) is 0.541. The van der Waals surface area contributed by atoms with Crippen molar-refractivity contribution in [1.82, 2.24) is 0 Å². The second kappa shape index (κ2) is 4.69. The maximum atomic E-state index is 11.7. The van der Waals surface area contributed by atoms with Gasteiger partial charge in [0, 0.05) is 17.0 Å². The molecule has 1 aromatic carbocycles. The topological polar surface area (TPSA) is 29.4 Å². The molecule has 2 heteroatoms. The standard InChI is InChI=1S/C13H15NO/c1-5-10-8-11(13(15)9(2)3)6-7-12(10)14-4/h5-9H,1,4H2,2-3H3. The third-order valence-electron chi connectivity index (χ3n) is 2.23. The average molecular weight is 201 g/mol. The zero-order valence-electron chi connectivity index (χ0n) is 9.16. The number of ketones is 1. The van der Waals surface area contributed by atoms with Gasteiger partial charge in [0.05, 0.1) is 5.69 Å². The molecule has 0 atom stereocenters. The molecular weight excluding hydrogens is 186 g/mol. The zero-order chi connectivity index (χ0) is 11.4. The van der Waals surface area contributed by atoms with Crippen molar-refractivity contribution in [1.29, 1.82) is 0 Å². The van der Waals surface area contributed by atoms with E-state index >= 15 is 0 Å². The van der Waals surface area contributed by atoms with E-state index in [4.69, 9.17) is 0 Å². The number of nitrogens with zero attached hydrogens (tertiary/aromatic N) is 1. The maximum Gasteiger partial charge on any atom is 0.165 e. The Kier molecular flexibility index (Phi) is 3.56. The Morgan fingerprint density at radius 3 is 2.60 bits per heavy atom. The average Bonchev–Trinajstić information content (AvgIpc) is 2.26. The van der Waals surface area contributed by atoms with Crippen LogP contribution in [0.15, 0.2) is 29.8 Å². The SMILES string of the molecule is C=Cc1cc(C(=O)C(C)C)ccc1N=C. The van der Waals surface area contributed by atoms with Gasteiger partial charge >= 0.3 is 0 Å². The van der Waals surface area contributed by atoms with Gasteiger partial charge in [-0.15, -0.1) is 0 Å². The fourth-order valence-corrected chi connectivity index (χ4v) is 1.35. The van der Waals surface area contributed by atoms with Crippen LogP contribution in [0.5, 0.6) is 0 Å². The Bertz CT molecular complexity index is 405. The second-order valence-electron chi connectivity index (χ2n) is 3.65. The third kappa shape index (κ3) is 2.40. The lowest BCUT2D eigenvalue weighted by atomic mass is 9.98. The molecule has 0 heterocycles. The number of hydrogen-bond acceptors (Lipinski definition) is 2. The molecule has 15 heavy (non-hydrogen) atoms. The van der Waals surface area contributed by atoms with Crippen molar-refractivity contribution in [3.63, 3.8) is 0 Å². The van der Waals surface area contributed by atoms with E-state index in [0.717, 1.165) is 11.3 Å². The summed E-state index contributed by atoms with van der Waals surface area (Å²) in [7, 11) is 0. The first-order chi connectivity index (χ1) is 7.10. The highest BCUT2D eigenvalue weighted by Crippen LogP contribution is 2.22. The van der Waals surface area contributed by atoms with E-state index in [1.807, 2.05) is 13.8 Å². The molecule has 1 rings (SSSR count). The van der Waals surface area contributed by atoms with Crippen LogP contribution in [-0.4, -0.2) is 12.5 Å². The van der Waals surface area contributed by atoms with Crippen LogP contribution in [0.25, 0.3) is 6.08 Å². The van der Waals surface area contributed by atoms with Crippen molar-refractivity contribution in [2.45, 2.75) is 13.8 Å². The molecule has 0 N–H and O–H groups in total. The van der Waals surface area contributed by atoms with Crippen LogP contribution in [0.3, 0.4) is 0 Å². The van der Waals surface area contributed by atoms with Gasteiger partial charge in [0.25, 0.3) is 0 Å². The van der Waals surface area contributed by atoms with Gasteiger partial charge in [-0.2, -0.15) is 0 Å². The first-order valence-electron chi connectivity index (χ1n) is 4.87. The first-order valence-corrected chi connectivity index (χ1v) is 4.87. The maximum absolute atomic E-state index is 11.7. The van der Waals surface area contributed by atoms with Crippen molar-refractivity contribution in [3.05, 3.63) is 35.9 Å². The van der Waals surface area contributed by atoms with Gasteiger partial charge < -0.3 is 0 Å². The van der Waals surface area contributed by atoms with E-state index in [1.165, 1.54) is 0 Å². The van der Waals surface area contributed by atoms with E-state index in [2.05, 4.69) is 18.3 Å². The van der Waals surface area contributed by atoms with Crippen molar-refractivity contribution >= 4 is 24.3 Å². The van der Waals surface area contributed by atoms with Gasteiger partial charge in [0.1, 0.15) is 0 Å². The lowest BCUT2D eigenvalue weighted by Gasteiger charge is -2.06. The summed E-state index contributed by atoms with van der Waals surface area (Å²) in [6.45, 7) is 10.9. The van der Waals surface area contributed by atoms with Gasteiger partial charge in [-0.05, 0) is 24.9 Å². The molecule has 0 amide bonds. The molecule has 0 bridgehead atoms. The van der Waals surface area contributed by atoms with E-state index in [9.17, 15) is 4.79 Å². The molecule has 0 aliphatic rings. The van der Waals surface area contributed by atoms with Gasteiger partial charge in [-0.25, -0.2) is 0 Å². The number of Topliss-reactive ketones (excluding diaryl/α,β-unsaturated/α-hetero) is 1. The van der Waals surface area contributed by atoms with Crippen LogP contribution < -0.4 is 0 Å².